The summed E-state index contributed by atoms with van der Waals surface area (Å²) in [6.45, 7) is 11.2. The van der Waals surface area contributed by atoms with E-state index in [4.69, 9.17) is 10.5 Å². The van der Waals surface area contributed by atoms with Gasteiger partial charge in [0.2, 0.25) is 5.91 Å². The fraction of sp³-hybridized carbons (Fsp3) is 0.867. The molecule has 2 aliphatic rings. The van der Waals surface area contributed by atoms with Gasteiger partial charge in [0.1, 0.15) is 10.5 Å². The van der Waals surface area contributed by atoms with Crippen LogP contribution in [0.1, 0.15) is 34.6 Å². The molecular weight excluding hydrogens is 302 g/mol. The number of carbonyl (C=O) groups is 2. The molecule has 2 fully saturated rings. The number of likely N-dealkylation sites (tertiary alicyclic amines) is 1. The van der Waals surface area contributed by atoms with Crippen molar-refractivity contribution < 1.29 is 14.3 Å². The quantitative estimate of drug-likeness (QED) is 0.831. The summed E-state index contributed by atoms with van der Waals surface area (Å²) in [6, 6.07) is -0.480. The molecule has 0 unspecified atom stereocenters. The van der Waals surface area contributed by atoms with E-state index in [0.717, 1.165) is 5.75 Å². The number of nitrogens with two attached hydrogens (primary N) is 1. The first-order valence-corrected chi connectivity index (χ1v) is 8.73. The summed E-state index contributed by atoms with van der Waals surface area (Å²) in [5.74, 6) is 0.986. The minimum absolute atomic E-state index is 0.0103. The summed E-state index contributed by atoms with van der Waals surface area (Å²) in [5.41, 5.74) is 5.51. The van der Waals surface area contributed by atoms with Crippen molar-refractivity contribution in [3.63, 3.8) is 0 Å². The highest BCUT2D eigenvalue weighted by Crippen LogP contribution is 2.44. The Morgan fingerprint density at radius 2 is 1.86 bits per heavy atom. The number of rotatable bonds is 2. The van der Waals surface area contributed by atoms with Crippen LogP contribution >= 0.6 is 11.8 Å². The molecule has 7 heteroatoms. The third-order valence-electron chi connectivity index (χ3n) is 3.97. The Balaban J connectivity index is 1.98. The van der Waals surface area contributed by atoms with Crippen LogP contribution in [-0.4, -0.2) is 63.7 Å². The van der Waals surface area contributed by atoms with Crippen molar-refractivity contribution in [3.8, 4) is 0 Å². The standard InChI is InChI=1S/C15H27N3O3S/c1-10(2)11(16)12(19)18-6-7-22-15(18)8-17(9-15)13(20)21-14(3,4)5/h10-11H,6-9,16H2,1-5H3/t11-/m0/s1. The van der Waals surface area contributed by atoms with Gasteiger partial charge in [0.25, 0.3) is 0 Å². The predicted molar refractivity (Wildman–Crippen MR) is 87.5 cm³/mol. The van der Waals surface area contributed by atoms with E-state index in [-0.39, 0.29) is 22.8 Å². The molecule has 0 radical (unpaired) electrons. The monoisotopic (exact) mass is 329 g/mol. The fourth-order valence-corrected chi connectivity index (χ4v) is 4.14. The first-order valence-electron chi connectivity index (χ1n) is 7.75. The summed E-state index contributed by atoms with van der Waals surface area (Å²) < 4.78 is 5.38. The van der Waals surface area contributed by atoms with Crippen LogP contribution in [0.3, 0.4) is 0 Å². The van der Waals surface area contributed by atoms with E-state index < -0.39 is 11.6 Å². The van der Waals surface area contributed by atoms with Gasteiger partial charge in [-0.3, -0.25) is 4.79 Å². The molecule has 2 N–H and O–H groups in total. The molecule has 2 aliphatic heterocycles. The van der Waals surface area contributed by atoms with E-state index in [2.05, 4.69) is 0 Å². The van der Waals surface area contributed by atoms with Gasteiger partial charge < -0.3 is 20.3 Å². The maximum Gasteiger partial charge on any atom is 0.410 e. The van der Waals surface area contributed by atoms with E-state index in [1.54, 1.807) is 16.7 Å². The average molecular weight is 329 g/mol. The lowest BCUT2D eigenvalue weighted by atomic mass is 10.0. The normalized spacial score (nSPS) is 22.0. The smallest absolute Gasteiger partial charge is 0.410 e. The largest absolute Gasteiger partial charge is 0.444 e. The topological polar surface area (TPSA) is 75.9 Å². The molecule has 1 atom stereocenters. The highest BCUT2D eigenvalue weighted by atomic mass is 32.2. The average Bonchev–Trinajstić information content (AvgIpc) is 2.77. The van der Waals surface area contributed by atoms with Crippen LogP contribution in [-0.2, 0) is 9.53 Å². The maximum absolute atomic E-state index is 12.6. The zero-order valence-electron chi connectivity index (χ0n) is 14.1. The molecule has 2 amide bonds. The molecule has 22 heavy (non-hydrogen) atoms. The maximum atomic E-state index is 12.6. The van der Waals surface area contributed by atoms with Crippen LogP contribution in [0, 0.1) is 5.92 Å². The molecule has 6 nitrogen and oxygen atoms in total. The van der Waals surface area contributed by atoms with Crippen molar-refractivity contribution in [2.75, 3.05) is 25.4 Å². The van der Waals surface area contributed by atoms with Gasteiger partial charge in [-0.2, -0.15) is 0 Å². The van der Waals surface area contributed by atoms with Crippen LogP contribution in [0.4, 0.5) is 4.79 Å². The second kappa shape index (κ2) is 5.92. The van der Waals surface area contributed by atoms with Crippen LogP contribution in [0.5, 0.6) is 0 Å². The van der Waals surface area contributed by atoms with Gasteiger partial charge in [0.15, 0.2) is 0 Å². The van der Waals surface area contributed by atoms with Gasteiger partial charge in [-0.1, -0.05) is 13.8 Å². The van der Waals surface area contributed by atoms with E-state index in [9.17, 15) is 9.59 Å². The first-order chi connectivity index (χ1) is 10.1. The Morgan fingerprint density at radius 1 is 1.27 bits per heavy atom. The Morgan fingerprint density at radius 3 is 2.36 bits per heavy atom. The summed E-state index contributed by atoms with van der Waals surface area (Å²) in [4.78, 5) is 27.8. The van der Waals surface area contributed by atoms with Crippen LogP contribution in [0.25, 0.3) is 0 Å². The predicted octanol–water partition coefficient (Wildman–Crippen LogP) is 1.49. The summed E-state index contributed by atoms with van der Waals surface area (Å²) in [6.07, 6.45) is -0.314. The Hall–Kier alpha value is -0.950. The zero-order valence-corrected chi connectivity index (χ0v) is 14.9. The lowest BCUT2D eigenvalue weighted by Crippen LogP contribution is -2.70. The molecule has 1 spiro atoms. The fourth-order valence-electron chi connectivity index (χ4n) is 2.65. The SMILES string of the molecule is CC(C)[C@H](N)C(=O)N1CCSC12CN(C(=O)OC(C)(C)C)C2. The second-order valence-electron chi connectivity index (χ2n) is 7.39. The second-order valence-corrected chi connectivity index (χ2v) is 8.85. The van der Waals surface area contributed by atoms with Crippen LogP contribution in [0.2, 0.25) is 0 Å². The van der Waals surface area contributed by atoms with Crippen molar-refractivity contribution in [1.29, 1.82) is 0 Å². The Bertz CT molecular complexity index is 455. The number of ether oxygens (including phenoxy) is 1. The summed E-state index contributed by atoms with van der Waals surface area (Å²) in [7, 11) is 0. The van der Waals surface area contributed by atoms with Crippen molar-refractivity contribution >= 4 is 23.8 Å². The molecule has 0 bridgehead atoms. The van der Waals surface area contributed by atoms with Crippen molar-refractivity contribution in [3.05, 3.63) is 0 Å². The highest BCUT2D eigenvalue weighted by Gasteiger charge is 2.55. The molecule has 2 heterocycles. The minimum atomic E-state index is -0.502. The van der Waals surface area contributed by atoms with Gasteiger partial charge in [0.05, 0.1) is 19.1 Å². The zero-order chi connectivity index (χ0) is 16.7. The summed E-state index contributed by atoms with van der Waals surface area (Å²) >= 11 is 1.74. The number of hydrogen-bond acceptors (Lipinski definition) is 5. The van der Waals surface area contributed by atoms with E-state index in [1.165, 1.54) is 0 Å². The van der Waals surface area contributed by atoms with E-state index in [1.807, 2.05) is 39.5 Å². The molecule has 126 valence electrons. The molecular formula is C15H27N3O3S. The molecule has 0 aromatic rings. The first kappa shape index (κ1) is 17.4. The molecule has 0 saturated carbocycles. The van der Waals surface area contributed by atoms with E-state index in [0.29, 0.717) is 19.6 Å². The van der Waals surface area contributed by atoms with Crippen molar-refractivity contribution in [2.24, 2.45) is 11.7 Å². The molecule has 0 aromatic carbocycles. The Labute approximate surface area is 136 Å². The van der Waals surface area contributed by atoms with Crippen LogP contribution in [0.15, 0.2) is 0 Å². The van der Waals surface area contributed by atoms with Gasteiger partial charge in [-0.15, -0.1) is 11.8 Å². The van der Waals surface area contributed by atoms with E-state index >= 15 is 0 Å². The minimum Gasteiger partial charge on any atom is -0.444 e. The number of nitrogens with zero attached hydrogens (tertiary/aromatic N) is 2. The molecule has 0 aliphatic carbocycles. The van der Waals surface area contributed by atoms with Crippen molar-refractivity contribution in [1.82, 2.24) is 9.80 Å². The van der Waals surface area contributed by atoms with Gasteiger partial charge >= 0.3 is 6.09 Å². The number of thioether (sulfide) groups is 1. The molecule has 2 saturated heterocycles. The number of hydrogen-bond donors (Lipinski definition) is 1. The van der Waals surface area contributed by atoms with Gasteiger partial charge in [-0.25, -0.2) is 4.79 Å². The summed E-state index contributed by atoms with van der Waals surface area (Å²) in [5, 5.41) is 0. The lowest BCUT2D eigenvalue weighted by molar-refractivity contribution is -0.140. The molecule has 2 rings (SSSR count). The number of amides is 2. The molecule has 0 aromatic heterocycles. The Kier molecular flexibility index (Phi) is 4.69. The van der Waals surface area contributed by atoms with Gasteiger partial charge in [-0.05, 0) is 26.7 Å². The van der Waals surface area contributed by atoms with Crippen LogP contribution < -0.4 is 5.73 Å². The third-order valence-corrected chi connectivity index (χ3v) is 5.38. The highest BCUT2D eigenvalue weighted by molar-refractivity contribution is 8.01. The third kappa shape index (κ3) is 3.35. The number of carbonyl (C=O) groups excluding carboxylic acids is 2. The lowest BCUT2D eigenvalue weighted by Gasteiger charge is -2.51. The van der Waals surface area contributed by atoms with Crippen molar-refractivity contribution in [2.45, 2.75) is 51.1 Å². The van der Waals surface area contributed by atoms with Gasteiger partial charge in [0, 0.05) is 12.3 Å².